The van der Waals surface area contributed by atoms with Gasteiger partial charge >= 0.3 is 0 Å². The molecule has 3 rings (SSSR count). The number of nitrogens with one attached hydrogen (secondary N) is 1. The molecule has 5 nitrogen and oxygen atoms in total. The van der Waals surface area contributed by atoms with Crippen molar-refractivity contribution in [3.05, 3.63) is 23.8 Å². The number of hydrogen-bond acceptors (Lipinski definition) is 4. The van der Waals surface area contributed by atoms with Gasteiger partial charge in [0, 0.05) is 6.54 Å². The number of ether oxygens (including phenoxy) is 1. The summed E-state index contributed by atoms with van der Waals surface area (Å²) in [6.45, 7) is 0.928. The summed E-state index contributed by atoms with van der Waals surface area (Å²) in [4.78, 5) is 14.2. The van der Waals surface area contributed by atoms with Gasteiger partial charge in [0.1, 0.15) is 6.17 Å². The van der Waals surface area contributed by atoms with Gasteiger partial charge in [0.25, 0.3) is 0 Å². The van der Waals surface area contributed by atoms with Crippen molar-refractivity contribution in [2.24, 2.45) is 0 Å². The molecule has 0 aromatic heterocycles. The molecule has 0 spiro atoms. The summed E-state index contributed by atoms with van der Waals surface area (Å²) in [6.07, 6.45) is 3.06. The van der Waals surface area contributed by atoms with E-state index >= 15 is 0 Å². The molecule has 2 aliphatic heterocycles. The minimum atomic E-state index is -0.104. The van der Waals surface area contributed by atoms with Crippen molar-refractivity contribution < 1.29 is 14.6 Å². The number of benzene rings is 1. The number of hydrogen-bond donors (Lipinski definition) is 2. The van der Waals surface area contributed by atoms with E-state index in [0.29, 0.717) is 5.75 Å². The Morgan fingerprint density at radius 2 is 2.26 bits per heavy atom. The molecule has 2 saturated heterocycles. The maximum absolute atomic E-state index is 12.0. The van der Waals surface area contributed by atoms with E-state index < -0.39 is 0 Å². The fraction of sp³-hybridized carbons (Fsp3) is 0.500. The van der Waals surface area contributed by atoms with Crippen LogP contribution in [-0.2, 0) is 4.79 Å². The van der Waals surface area contributed by atoms with E-state index in [1.807, 2.05) is 6.07 Å². The van der Waals surface area contributed by atoms with Gasteiger partial charge in [-0.05, 0) is 30.5 Å². The number of phenolic OH excluding ortho intramolecular Hbond substituents is 1. The first-order valence-electron chi connectivity index (χ1n) is 6.64. The summed E-state index contributed by atoms with van der Waals surface area (Å²) in [7, 11) is 1.52. The van der Waals surface area contributed by atoms with Gasteiger partial charge in [-0.25, -0.2) is 0 Å². The Hall–Kier alpha value is -1.75. The van der Waals surface area contributed by atoms with Crippen molar-refractivity contribution in [3.63, 3.8) is 0 Å². The Kier molecular flexibility index (Phi) is 3.06. The second-order valence-electron chi connectivity index (χ2n) is 5.09. The lowest BCUT2D eigenvalue weighted by Gasteiger charge is -2.31. The van der Waals surface area contributed by atoms with Gasteiger partial charge in [0.15, 0.2) is 11.5 Å². The normalized spacial score (nSPS) is 26.9. The van der Waals surface area contributed by atoms with Gasteiger partial charge < -0.3 is 15.2 Å². The fourth-order valence-electron chi connectivity index (χ4n) is 3.00. The maximum Gasteiger partial charge on any atom is 0.238 e. The molecule has 2 heterocycles. The van der Waals surface area contributed by atoms with Crippen molar-refractivity contribution >= 4 is 5.91 Å². The summed E-state index contributed by atoms with van der Waals surface area (Å²) in [5.41, 5.74) is 0.951. The minimum absolute atomic E-state index is 0.00134. The first-order valence-corrected chi connectivity index (χ1v) is 6.64. The molecule has 0 saturated carbocycles. The molecule has 2 atom stereocenters. The molecule has 5 heteroatoms. The highest BCUT2D eigenvalue weighted by Gasteiger charge is 2.41. The van der Waals surface area contributed by atoms with Gasteiger partial charge in [-0.15, -0.1) is 0 Å². The minimum Gasteiger partial charge on any atom is -0.504 e. The zero-order valence-electron chi connectivity index (χ0n) is 10.9. The predicted octanol–water partition coefficient (Wildman–Crippen LogP) is 1.38. The molecule has 2 aliphatic rings. The van der Waals surface area contributed by atoms with E-state index in [-0.39, 0.29) is 23.9 Å². The van der Waals surface area contributed by atoms with Crippen LogP contribution in [0.3, 0.4) is 0 Å². The predicted molar refractivity (Wildman–Crippen MR) is 69.9 cm³/mol. The summed E-state index contributed by atoms with van der Waals surface area (Å²) in [5.74, 6) is 0.662. The number of aromatic hydroxyl groups is 1. The molecule has 1 aromatic carbocycles. The number of nitrogens with zero attached hydrogens (tertiary/aromatic N) is 1. The SMILES string of the molecule is COc1cc(C2NC(=O)C3CCCCN32)ccc1O. The molecule has 1 amide bonds. The first-order chi connectivity index (χ1) is 9.20. The van der Waals surface area contributed by atoms with Gasteiger partial charge in [-0.2, -0.15) is 0 Å². The smallest absolute Gasteiger partial charge is 0.238 e. The number of rotatable bonds is 2. The lowest BCUT2D eigenvalue weighted by molar-refractivity contribution is -0.122. The van der Waals surface area contributed by atoms with Crippen LogP contribution in [0.1, 0.15) is 31.0 Å². The van der Waals surface area contributed by atoms with Crippen molar-refractivity contribution in [2.45, 2.75) is 31.5 Å². The van der Waals surface area contributed by atoms with Crippen molar-refractivity contribution in [1.29, 1.82) is 0 Å². The van der Waals surface area contributed by atoms with Crippen molar-refractivity contribution in [1.82, 2.24) is 10.2 Å². The number of methoxy groups -OCH3 is 1. The third kappa shape index (κ3) is 2.04. The molecule has 1 aromatic rings. The van der Waals surface area contributed by atoms with Crippen molar-refractivity contribution in [3.8, 4) is 11.5 Å². The number of amides is 1. The second kappa shape index (κ2) is 4.74. The molecule has 102 valence electrons. The number of piperidine rings is 1. The highest BCUT2D eigenvalue weighted by atomic mass is 16.5. The van der Waals surface area contributed by atoms with Crippen LogP contribution in [0.15, 0.2) is 18.2 Å². The van der Waals surface area contributed by atoms with Crippen LogP contribution in [0, 0.1) is 0 Å². The van der Waals surface area contributed by atoms with Crippen LogP contribution in [0.2, 0.25) is 0 Å². The molecule has 2 fully saturated rings. The highest BCUT2D eigenvalue weighted by molar-refractivity contribution is 5.84. The maximum atomic E-state index is 12.0. The Balaban J connectivity index is 1.91. The largest absolute Gasteiger partial charge is 0.504 e. The van der Waals surface area contributed by atoms with E-state index in [0.717, 1.165) is 31.4 Å². The van der Waals surface area contributed by atoms with Gasteiger partial charge in [0.2, 0.25) is 5.91 Å². The number of carbonyl (C=O) groups excluding carboxylic acids is 1. The van der Waals surface area contributed by atoms with E-state index in [1.165, 1.54) is 7.11 Å². The van der Waals surface area contributed by atoms with E-state index in [9.17, 15) is 9.90 Å². The molecule has 0 aliphatic carbocycles. The van der Waals surface area contributed by atoms with Gasteiger partial charge in [-0.1, -0.05) is 12.5 Å². The molecule has 19 heavy (non-hydrogen) atoms. The molecule has 2 unspecified atom stereocenters. The topological polar surface area (TPSA) is 61.8 Å². The van der Waals surface area contributed by atoms with Crippen LogP contribution in [-0.4, -0.2) is 35.6 Å². The summed E-state index contributed by atoms with van der Waals surface area (Å²) in [5, 5.41) is 12.7. The van der Waals surface area contributed by atoms with Crippen LogP contribution >= 0.6 is 0 Å². The van der Waals surface area contributed by atoms with Gasteiger partial charge in [0.05, 0.1) is 13.2 Å². The Bertz CT molecular complexity index is 503. The van der Waals surface area contributed by atoms with Crippen LogP contribution < -0.4 is 10.1 Å². The lowest BCUT2D eigenvalue weighted by atomic mass is 10.0. The third-order valence-electron chi connectivity index (χ3n) is 3.98. The average Bonchev–Trinajstić information content (AvgIpc) is 2.77. The Morgan fingerprint density at radius 1 is 1.42 bits per heavy atom. The molecule has 0 radical (unpaired) electrons. The summed E-state index contributed by atoms with van der Waals surface area (Å²) >= 11 is 0. The zero-order chi connectivity index (χ0) is 13.4. The second-order valence-corrected chi connectivity index (χ2v) is 5.09. The number of phenols is 1. The zero-order valence-corrected chi connectivity index (χ0v) is 10.9. The highest BCUT2D eigenvalue weighted by Crippen LogP contribution is 2.35. The van der Waals surface area contributed by atoms with Crippen LogP contribution in [0.25, 0.3) is 0 Å². The monoisotopic (exact) mass is 262 g/mol. The van der Waals surface area contributed by atoms with E-state index in [2.05, 4.69) is 10.2 Å². The number of carbonyl (C=O) groups is 1. The Labute approximate surface area is 112 Å². The van der Waals surface area contributed by atoms with Gasteiger partial charge in [-0.3, -0.25) is 9.69 Å². The third-order valence-corrected chi connectivity index (χ3v) is 3.98. The lowest BCUT2D eigenvalue weighted by Crippen LogP contribution is -2.38. The number of fused-ring (bicyclic) bond motifs is 1. The molecule has 2 N–H and O–H groups in total. The van der Waals surface area contributed by atoms with Crippen LogP contribution in [0.5, 0.6) is 11.5 Å². The van der Waals surface area contributed by atoms with E-state index in [4.69, 9.17) is 4.74 Å². The summed E-state index contributed by atoms with van der Waals surface area (Å²) < 4.78 is 5.13. The van der Waals surface area contributed by atoms with E-state index in [1.54, 1.807) is 12.1 Å². The molecule has 0 bridgehead atoms. The first kappa shape index (κ1) is 12.3. The van der Waals surface area contributed by atoms with Crippen molar-refractivity contribution in [2.75, 3.05) is 13.7 Å². The molecular formula is C14H18N2O3. The average molecular weight is 262 g/mol. The fourth-order valence-corrected chi connectivity index (χ4v) is 3.00. The standard InChI is InChI=1S/C14H18N2O3/c1-19-12-8-9(5-6-11(12)17)13-15-14(18)10-4-2-3-7-16(10)13/h5-6,8,10,13,17H,2-4,7H2,1H3,(H,15,18). The molecular weight excluding hydrogens is 244 g/mol. The Morgan fingerprint density at radius 3 is 3.05 bits per heavy atom. The summed E-state index contributed by atoms with van der Waals surface area (Å²) in [6, 6.07) is 5.23. The van der Waals surface area contributed by atoms with Crippen LogP contribution in [0.4, 0.5) is 0 Å². The quantitative estimate of drug-likeness (QED) is 0.845.